The third-order valence-electron chi connectivity index (χ3n) is 4.46. The molecular weight excluding hydrogens is 351 g/mol. The van der Waals surface area contributed by atoms with Crippen LogP contribution in [0.4, 0.5) is 13.2 Å². The van der Waals surface area contributed by atoms with Crippen LogP contribution in [0.25, 0.3) is 0 Å². The number of esters is 1. The number of nitrogens with zero attached hydrogens (tertiary/aromatic N) is 1. The third kappa shape index (κ3) is 3.44. The highest BCUT2D eigenvalue weighted by Gasteiger charge is 2.38. The maximum Gasteiger partial charge on any atom is 0.416 e. The summed E-state index contributed by atoms with van der Waals surface area (Å²) < 4.78 is 48.4. The van der Waals surface area contributed by atoms with Crippen molar-refractivity contribution < 1.29 is 32.2 Å². The van der Waals surface area contributed by atoms with Gasteiger partial charge in [-0.3, -0.25) is 4.79 Å². The lowest BCUT2D eigenvalue weighted by atomic mass is 9.84. The van der Waals surface area contributed by atoms with E-state index in [2.05, 4.69) is 0 Å². The number of halogens is 3. The van der Waals surface area contributed by atoms with E-state index in [4.69, 9.17) is 9.47 Å². The lowest BCUT2D eigenvalue weighted by molar-refractivity contribution is -0.138. The van der Waals surface area contributed by atoms with Crippen molar-refractivity contribution in [3.63, 3.8) is 0 Å². The van der Waals surface area contributed by atoms with Crippen molar-refractivity contribution in [3.8, 4) is 0 Å². The number of ether oxygens (including phenoxy) is 2. The van der Waals surface area contributed by atoms with E-state index in [1.54, 1.807) is 25.8 Å². The fraction of sp³-hybridized carbons (Fsp3) is 0.333. The molecule has 5 nitrogen and oxygen atoms in total. The maximum absolute atomic E-state index is 12.8. The minimum atomic E-state index is -4.48. The smallest absolute Gasteiger partial charge is 0.416 e. The first kappa shape index (κ1) is 19.6. The second kappa shape index (κ2) is 7.23. The zero-order valence-electron chi connectivity index (χ0n) is 14.7. The highest BCUT2D eigenvalue weighted by molar-refractivity contribution is 5.92. The molecule has 0 aromatic heterocycles. The molecule has 1 aromatic rings. The van der Waals surface area contributed by atoms with Crippen LogP contribution in [0.15, 0.2) is 47.0 Å². The second-order valence-electron chi connectivity index (χ2n) is 5.77. The molecule has 0 aliphatic carbocycles. The minimum Gasteiger partial charge on any atom is -0.466 e. The Morgan fingerprint density at radius 2 is 1.73 bits per heavy atom. The van der Waals surface area contributed by atoms with E-state index in [-0.39, 0.29) is 17.8 Å². The molecule has 1 heterocycles. The molecule has 0 N–H and O–H groups in total. The first-order valence-corrected chi connectivity index (χ1v) is 7.64. The first-order chi connectivity index (χ1) is 12.1. The lowest BCUT2D eigenvalue weighted by Crippen LogP contribution is -2.31. The Morgan fingerprint density at radius 1 is 1.15 bits per heavy atom. The van der Waals surface area contributed by atoms with E-state index in [1.807, 2.05) is 0 Å². The highest BCUT2D eigenvalue weighted by atomic mass is 19.4. The van der Waals surface area contributed by atoms with Crippen molar-refractivity contribution in [3.05, 3.63) is 58.1 Å². The topological polar surface area (TPSA) is 55.8 Å². The largest absolute Gasteiger partial charge is 0.466 e. The van der Waals surface area contributed by atoms with Crippen molar-refractivity contribution in [2.24, 2.45) is 0 Å². The number of hydrogen-bond acceptors (Lipinski definition) is 5. The molecule has 0 saturated heterocycles. The Hall–Kier alpha value is -2.77. The fourth-order valence-corrected chi connectivity index (χ4v) is 2.91. The number of benzene rings is 1. The quantitative estimate of drug-likeness (QED) is 0.600. The van der Waals surface area contributed by atoms with Gasteiger partial charge in [0, 0.05) is 12.7 Å². The Balaban J connectivity index is 2.65. The molecular formula is C18H18F3NO4. The van der Waals surface area contributed by atoms with E-state index in [0.717, 1.165) is 12.1 Å². The SMILES string of the molecule is COC(=O)C1=C(C)N(C)C(C)=C(OC=O)C1c1ccc(C(F)(F)F)cc1. The molecule has 0 amide bonds. The Bertz CT molecular complexity index is 779. The van der Waals surface area contributed by atoms with Crippen molar-refractivity contribution in [1.82, 2.24) is 4.90 Å². The highest BCUT2D eigenvalue weighted by Crippen LogP contribution is 2.42. The van der Waals surface area contributed by atoms with Crippen LogP contribution >= 0.6 is 0 Å². The summed E-state index contributed by atoms with van der Waals surface area (Å²) in [6.07, 6.45) is -4.48. The van der Waals surface area contributed by atoms with E-state index in [1.165, 1.54) is 19.2 Å². The summed E-state index contributed by atoms with van der Waals surface area (Å²) in [6, 6.07) is 4.37. The summed E-state index contributed by atoms with van der Waals surface area (Å²) in [5.41, 5.74) is 0.872. The molecule has 1 atom stereocenters. The van der Waals surface area contributed by atoms with Gasteiger partial charge in [-0.2, -0.15) is 13.2 Å². The van der Waals surface area contributed by atoms with Gasteiger partial charge < -0.3 is 14.4 Å². The molecule has 1 aliphatic heterocycles. The number of carbonyl (C=O) groups excluding carboxylic acids is 2. The molecule has 1 aromatic carbocycles. The molecule has 0 spiro atoms. The number of allylic oxidation sites excluding steroid dienone is 3. The van der Waals surface area contributed by atoms with E-state index < -0.39 is 23.6 Å². The monoisotopic (exact) mass is 369 g/mol. The first-order valence-electron chi connectivity index (χ1n) is 7.64. The Morgan fingerprint density at radius 3 is 2.19 bits per heavy atom. The summed E-state index contributed by atoms with van der Waals surface area (Å²) in [5.74, 6) is -1.35. The lowest BCUT2D eigenvalue weighted by Gasteiger charge is -2.35. The van der Waals surface area contributed by atoms with Crippen LogP contribution in [0.3, 0.4) is 0 Å². The molecule has 0 saturated carbocycles. The Kier molecular flexibility index (Phi) is 5.44. The normalized spacial score (nSPS) is 18.1. The van der Waals surface area contributed by atoms with Gasteiger partial charge >= 0.3 is 12.1 Å². The van der Waals surface area contributed by atoms with Crippen LogP contribution in [-0.2, 0) is 25.2 Å². The third-order valence-corrected chi connectivity index (χ3v) is 4.46. The molecule has 0 fully saturated rings. The van der Waals surface area contributed by atoms with Gasteiger partial charge in [-0.15, -0.1) is 0 Å². The van der Waals surface area contributed by atoms with Crippen molar-refractivity contribution in [1.29, 1.82) is 0 Å². The summed E-state index contributed by atoms with van der Waals surface area (Å²) in [5, 5.41) is 0. The standard InChI is InChI=1S/C18H18F3NO4/c1-10-14(17(24)25-4)15(16(26-9-23)11(2)22(10)3)12-5-7-13(8-6-12)18(19,20)21/h5-9,15H,1-4H3. The molecule has 0 bridgehead atoms. The van der Waals surface area contributed by atoms with Crippen molar-refractivity contribution in [2.75, 3.05) is 14.2 Å². The molecule has 1 unspecified atom stereocenters. The van der Waals surface area contributed by atoms with Gasteiger partial charge in [-0.25, -0.2) is 4.79 Å². The summed E-state index contributed by atoms with van der Waals surface area (Å²) >= 11 is 0. The minimum absolute atomic E-state index is 0.160. The summed E-state index contributed by atoms with van der Waals surface area (Å²) in [7, 11) is 2.89. The average molecular weight is 369 g/mol. The van der Waals surface area contributed by atoms with Crippen LogP contribution in [0.1, 0.15) is 30.9 Å². The Labute approximate surface area is 148 Å². The fourth-order valence-electron chi connectivity index (χ4n) is 2.91. The molecule has 8 heteroatoms. The summed E-state index contributed by atoms with van der Waals surface area (Å²) in [4.78, 5) is 25.0. The van der Waals surface area contributed by atoms with E-state index in [0.29, 0.717) is 17.0 Å². The number of rotatable bonds is 4. The van der Waals surface area contributed by atoms with Crippen LogP contribution < -0.4 is 0 Å². The molecule has 0 radical (unpaired) electrons. The van der Waals surface area contributed by atoms with E-state index in [9.17, 15) is 22.8 Å². The zero-order valence-corrected chi connectivity index (χ0v) is 14.7. The maximum atomic E-state index is 12.8. The van der Waals surface area contributed by atoms with Crippen LogP contribution in [-0.4, -0.2) is 31.5 Å². The second-order valence-corrected chi connectivity index (χ2v) is 5.77. The van der Waals surface area contributed by atoms with Gasteiger partial charge in [-0.05, 0) is 31.5 Å². The number of alkyl halides is 3. The molecule has 140 valence electrons. The van der Waals surface area contributed by atoms with Gasteiger partial charge in [0.05, 0.1) is 29.9 Å². The number of carbonyl (C=O) groups is 2. The average Bonchev–Trinajstić information content (AvgIpc) is 2.60. The van der Waals surface area contributed by atoms with Crippen LogP contribution in [0.5, 0.6) is 0 Å². The van der Waals surface area contributed by atoms with Crippen LogP contribution in [0.2, 0.25) is 0 Å². The van der Waals surface area contributed by atoms with Gasteiger partial charge in [0.2, 0.25) is 0 Å². The van der Waals surface area contributed by atoms with Crippen LogP contribution in [0, 0.1) is 0 Å². The predicted molar refractivity (Wildman–Crippen MR) is 86.5 cm³/mol. The summed E-state index contributed by atoms with van der Waals surface area (Å²) in [6.45, 7) is 3.59. The molecule has 1 aliphatic rings. The molecule has 26 heavy (non-hydrogen) atoms. The van der Waals surface area contributed by atoms with Gasteiger partial charge in [0.25, 0.3) is 6.47 Å². The zero-order chi connectivity index (χ0) is 19.6. The number of methoxy groups -OCH3 is 1. The number of hydrogen-bond donors (Lipinski definition) is 0. The van der Waals surface area contributed by atoms with Crippen molar-refractivity contribution >= 4 is 12.4 Å². The predicted octanol–water partition coefficient (Wildman–Crippen LogP) is 3.59. The van der Waals surface area contributed by atoms with E-state index >= 15 is 0 Å². The van der Waals surface area contributed by atoms with Gasteiger partial charge in [0.15, 0.2) is 0 Å². The van der Waals surface area contributed by atoms with Gasteiger partial charge in [-0.1, -0.05) is 12.1 Å². The van der Waals surface area contributed by atoms with Gasteiger partial charge in [0.1, 0.15) is 5.76 Å². The van der Waals surface area contributed by atoms with Crippen molar-refractivity contribution in [2.45, 2.75) is 25.9 Å². The molecule has 2 rings (SSSR count).